The van der Waals surface area contributed by atoms with Crippen LogP contribution >= 0.6 is 0 Å². The molecule has 4 rings (SSSR count). The van der Waals surface area contributed by atoms with Crippen LogP contribution in [-0.4, -0.2) is 49.6 Å². The molecule has 0 aliphatic carbocycles. The van der Waals surface area contributed by atoms with Gasteiger partial charge in [0.2, 0.25) is 0 Å². The zero-order valence-corrected chi connectivity index (χ0v) is 13.3. The van der Waals surface area contributed by atoms with Crippen LogP contribution in [0.2, 0.25) is 0 Å². The Bertz CT molecular complexity index is 963. The fourth-order valence-electron chi connectivity index (χ4n) is 2.59. The second-order valence-electron chi connectivity index (χ2n) is 5.45. The third-order valence-electron chi connectivity index (χ3n) is 3.92. The third kappa shape index (κ3) is 2.61. The zero-order valence-electron chi connectivity index (χ0n) is 13.3. The molecular formula is C17H11N5O4. The van der Waals surface area contributed by atoms with Crippen LogP contribution in [0.4, 0.5) is 0 Å². The molecule has 3 aromatic rings. The number of ether oxygens (including phenoxy) is 1. The van der Waals surface area contributed by atoms with Gasteiger partial charge in [-0.2, -0.15) is 0 Å². The van der Waals surface area contributed by atoms with Crippen molar-refractivity contribution in [2.45, 2.75) is 0 Å². The number of esters is 1. The normalized spacial score (nSPS) is 13.0. The summed E-state index contributed by atoms with van der Waals surface area (Å²) in [6.45, 7) is -0.445. The van der Waals surface area contributed by atoms with E-state index in [4.69, 9.17) is 4.74 Å². The van der Waals surface area contributed by atoms with Crippen molar-refractivity contribution >= 4 is 17.8 Å². The topological polar surface area (TPSA) is 107 Å². The number of fused-ring (bicyclic) bond motifs is 1. The molecule has 0 radical (unpaired) electrons. The minimum absolute atomic E-state index is 0.276. The number of hydrogen-bond donors (Lipinski definition) is 0. The van der Waals surface area contributed by atoms with E-state index < -0.39 is 24.5 Å². The van der Waals surface area contributed by atoms with E-state index in [0.717, 1.165) is 4.90 Å². The highest BCUT2D eigenvalue weighted by atomic mass is 16.5. The van der Waals surface area contributed by atoms with Crippen LogP contribution in [-0.2, 0) is 4.74 Å². The van der Waals surface area contributed by atoms with E-state index in [9.17, 15) is 14.4 Å². The minimum Gasteiger partial charge on any atom is -0.440 e. The van der Waals surface area contributed by atoms with Crippen LogP contribution in [0.3, 0.4) is 0 Å². The summed E-state index contributed by atoms with van der Waals surface area (Å²) in [5.41, 5.74) is 1.56. The Morgan fingerprint density at radius 1 is 0.962 bits per heavy atom. The van der Waals surface area contributed by atoms with Gasteiger partial charge in [-0.3, -0.25) is 9.59 Å². The first-order valence-electron chi connectivity index (χ1n) is 7.61. The maximum absolute atomic E-state index is 12.2. The van der Waals surface area contributed by atoms with Crippen molar-refractivity contribution in [3.63, 3.8) is 0 Å². The summed E-state index contributed by atoms with van der Waals surface area (Å²) in [4.78, 5) is 37.5. The summed E-state index contributed by atoms with van der Waals surface area (Å²) >= 11 is 0. The van der Waals surface area contributed by atoms with Gasteiger partial charge in [0.15, 0.2) is 6.73 Å². The number of imide groups is 1. The zero-order chi connectivity index (χ0) is 18.1. The van der Waals surface area contributed by atoms with Gasteiger partial charge in [0.25, 0.3) is 11.8 Å². The fraction of sp³-hybridized carbons (Fsp3) is 0.0588. The molecule has 2 heterocycles. The number of carbonyl (C=O) groups is 3. The van der Waals surface area contributed by atoms with E-state index in [2.05, 4.69) is 15.5 Å². The molecule has 1 aromatic heterocycles. The molecule has 128 valence electrons. The van der Waals surface area contributed by atoms with Gasteiger partial charge in [-0.15, -0.1) is 5.10 Å². The Morgan fingerprint density at radius 2 is 1.62 bits per heavy atom. The van der Waals surface area contributed by atoms with E-state index in [0.29, 0.717) is 16.8 Å². The van der Waals surface area contributed by atoms with Crippen molar-refractivity contribution in [3.05, 3.63) is 71.5 Å². The van der Waals surface area contributed by atoms with Crippen LogP contribution in [0, 0.1) is 0 Å². The van der Waals surface area contributed by atoms with E-state index in [1.54, 1.807) is 48.5 Å². The number of nitrogens with zero attached hydrogens (tertiary/aromatic N) is 5. The summed E-state index contributed by atoms with van der Waals surface area (Å²) < 4.78 is 6.55. The van der Waals surface area contributed by atoms with Gasteiger partial charge in [-0.25, -0.2) is 14.4 Å². The quantitative estimate of drug-likeness (QED) is 0.512. The van der Waals surface area contributed by atoms with Crippen molar-refractivity contribution in [1.29, 1.82) is 0 Å². The highest BCUT2D eigenvalue weighted by Gasteiger charge is 2.35. The first-order valence-corrected chi connectivity index (χ1v) is 7.61. The Balaban J connectivity index is 1.43. The molecule has 0 unspecified atom stereocenters. The number of carbonyl (C=O) groups excluding carboxylic acids is 3. The molecule has 0 saturated carbocycles. The fourth-order valence-corrected chi connectivity index (χ4v) is 2.59. The smallest absolute Gasteiger partial charge is 0.339 e. The maximum Gasteiger partial charge on any atom is 0.339 e. The average Bonchev–Trinajstić information content (AvgIpc) is 3.29. The van der Waals surface area contributed by atoms with Crippen LogP contribution in [0.15, 0.2) is 54.9 Å². The number of tetrazole rings is 1. The third-order valence-corrected chi connectivity index (χ3v) is 3.92. The van der Waals surface area contributed by atoms with Gasteiger partial charge in [0.05, 0.1) is 22.4 Å². The Hall–Kier alpha value is -3.88. The molecule has 0 bridgehead atoms. The van der Waals surface area contributed by atoms with Crippen molar-refractivity contribution in [2.24, 2.45) is 0 Å². The maximum atomic E-state index is 12.2. The van der Waals surface area contributed by atoms with Gasteiger partial charge in [0.1, 0.15) is 6.33 Å². The Morgan fingerprint density at radius 3 is 2.19 bits per heavy atom. The summed E-state index contributed by atoms with van der Waals surface area (Å²) in [5, 5.41) is 10.8. The van der Waals surface area contributed by atoms with Crippen LogP contribution < -0.4 is 0 Å². The molecule has 9 heteroatoms. The second kappa shape index (κ2) is 6.20. The lowest BCUT2D eigenvalue weighted by atomic mass is 10.1. The van der Waals surface area contributed by atoms with Gasteiger partial charge in [-0.1, -0.05) is 12.1 Å². The Kier molecular flexibility index (Phi) is 3.73. The SMILES string of the molecule is O=C(OCN1C(=O)c2ccccc2C1=O)c1ccc(-n2cnnn2)cc1. The molecule has 2 aromatic carbocycles. The predicted molar refractivity (Wildman–Crippen MR) is 86.4 cm³/mol. The average molecular weight is 349 g/mol. The molecule has 26 heavy (non-hydrogen) atoms. The lowest BCUT2D eigenvalue weighted by molar-refractivity contribution is 0.0228. The number of hydrogen-bond acceptors (Lipinski definition) is 7. The Labute approximate surface area is 146 Å². The van der Waals surface area contributed by atoms with E-state index in [1.807, 2.05) is 0 Å². The first kappa shape index (κ1) is 15.6. The molecule has 1 aliphatic rings. The monoisotopic (exact) mass is 349 g/mol. The molecule has 9 nitrogen and oxygen atoms in total. The molecule has 0 spiro atoms. The molecule has 0 N–H and O–H groups in total. The number of aromatic nitrogens is 4. The molecular weight excluding hydrogens is 338 g/mol. The first-order chi connectivity index (χ1) is 12.6. The molecule has 2 amide bonds. The summed E-state index contributed by atoms with van der Waals surface area (Å²) in [6, 6.07) is 12.9. The largest absolute Gasteiger partial charge is 0.440 e. The predicted octanol–water partition coefficient (Wildman–Crippen LogP) is 1.07. The van der Waals surface area contributed by atoms with Crippen LogP contribution in [0.5, 0.6) is 0 Å². The van der Waals surface area contributed by atoms with Gasteiger partial charge >= 0.3 is 5.97 Å². The minimum atomic E-state index is -0.648. The second-order valence-corrected chi connectivity index (χ2v) is 5.45. The lowest BCUT2D eigenvalue weighted by Gasteiger charge is -2.14. The van der Waals surface area contributed by atoms with E-state index in [1.165, 1.54) is 11.0 Å². The lowest BCUT2D eigenvalue weighted by Crippen LogP contribution is -2.33. The van der Waals surface area contributed by atoms with Gasteiger partial charge in [-0.05, 0) is 46.8 Å². The summed E-state index contributed by atoms with van der Waals surface area (Å²) in [5.74, 6) is -1.61. The number of rotatable bonds is 4. The molecule has 1 aliphatic heterocycles. The van der Waals surface area contributed by atoms with Crippen LogP contribution in [0.25, 0.3) is 5.69 Å². The molecule has 0 atom stereocenters. The highest BCUT2D eigenvalue weighted by Crippen LogP contribution is 2.22. The molecule has 0 saturated heterocycles. The van der Waals surface area contributed by atoms with Crippen molar-refractivity contribution in [1.82, 2.24) is 25.1 Å². The highest BCUT2D eigenvalue weighted by molar-refractivity contribution is 6.21. The van der Waals surface area contributed by atoms with Crippen molar-refractivity contribution in [2.75, 3.05) is 6.73 Å². The van der Waals surface area contributed by atoms with Crippen molar-refractivity contribution < 1.29 is 19.1 Å². The van der Waals surface area contributed by atoms with E-state index >= 15 is 0 Å². The number of benzene rings is 2. The standard InChI is InChI=1S/C17H11N5O4/c23-15-13-3-1-2-4-14(13)16(24)21(15)10-26-17(25)11-5-7-12(8-6-11)22-9-18-19-20-22/h1-9H,10H2. The van der Waals surface area contributed by atoms with E-state index in [-0.39, 0.29) is 5.56 Å². The summed E-state index contributed by atoms with van der Waals surface area (Å²) in [6.07, 6.45) is 1.43. The van der Waals surface area contributed by atoms with Gasteiger partial charge in [0, 0.05) is 0 Å². The number of amides is 2. The van der Waals surface area contributed by atoms with Gasteiger partial charge < -0.3 is 4.74 Å². The summed E-state index contributed by atoms with van der Waals surface area (Å²) in [7, 11) is 0. The van der Waals surface area contributed by atoms with Crippen LogP contribution in [0.1, 0.15) is 31.1 Å². The molecule has 0 fully saturated rings. The van der Waals surface area contributed by atoms with Crippen molar-refractivity contribution in [3.8, 4) is 5.69 Å².